The Morgan fingerprint density at radius 3 is 1.96 bits per heavy atom. The number of hydrogen-bond donors (Lipinski definition) is 6. The van der Waals surface area contributed by atoms with Crippen LogP contribution >= 0.6 is 0 Å². The maximum absolute atomic E-state index is 14.0. The van der Waals surface area contributed by atoms with Gasteiger partial charge in [0.2, 0.25) is 23.6 Å². The molecule has 2 aromatic heterocycles. The van der Waals surface area contributed by atoms with E-state index in [4.69, 9.17) is 19.4 Å². The molecule has 2 fully saturated rings. The molecule has 3 aromatic carbocycles. The van der Waals surface area contributed by atoms with Gasteiger partial charge in [-0.15, -0.1) is 0 Å². The molecule has 5 aromatic rings. The van der Waals surface area contributed by atoms with Gasteiger partial charge in [0.25, 0.3) is 0 Å². The first-order valence-electron chi connectivity index (χ1n) is 23.7. The minimum absolute atomic E-state index is 0.0719. The summed E-state index contributed by atoms with van der Waals surface area (Å²) in [6.07, 6.45) is 5.40. The van der Waals surface area contributed by atoms with Crippen molar-refractivity contribution in [2.45, 2.75) is 115 Å². The third kappa shape index (κ3) is 9.17. The quantitative estimate of drug-likeness (QED) is 0.0899. The van der Waals surface area contributed by atoms with Crippen molar-refractivity contribution in [1.82, 2.24) is 40.4 Å². The van der Waals surface area contributed by atoms with Crippen LogP contribution in [-0.4, -0.2) is 110 Å². The van der Waals surface area contributed by atoms with Crippen LogP contribution in [0.2, 0.25) is 0 Å². The molecular weight excluding hydrogens is 855 g/mol. The lowest BCUT2D eigenvalue weighted by Gasteiger charge is -2.30. The Bertz CT molecular complexity index is 2710. The first kappa shape index (κ1) is 45.7. The SMILES string of the molecule is COC(=O)N[C@@H](C(=O)N1CCCC1c1nc2ccc(C3CCc4cc5c(cc4OC3)CCC(c3ccc4nc(C6CCCN6C(=O)[C@@H](NC(=O)CO)C(C)C)[nH]c4c3)C(=O)N5)cc2[nH]1)C(C)C. The highest BCUT2D eigenvalue weighted by Gasteiger charge is 2.39. The number of amides is 5. The second-order valence-electron chi connectivity index (χ2n) is 19.2. The Morgan fingerprint density at radius 1 is 0.776 bits per heavy atom. The molecule has 9 rings (SSSR count). The van der Waals surface area contributed by atoms with Crippen molar-refractivity contribution >= 4 is 57.5 Å². The Morgan fingerprint density at radius 2 is 1.36 bits per heavy atom. The third-order valence-electron chi connectivity index (χ3n) is 14.2. The van der Waals surface area contributed by atoms with E-state index in [0.717, 1.165) is 100 Å². The summed E-state index contributed by atoms with van der Waals surface area (Å²) in [7, 11) is 1.29. The molecule has 354 valence electrons. The lowest BCUT2D eigenvalue weighted by molar-refractivity contribution is -0.139. The highest BCUT2D eigenvalue weighted by molar-refractivity contribution is 5.98. The van der Waals surface area contributed by atoms with Crippen LogP contribution in [0.25, 0.3) is 22.1 Å². The van der Waals surface area contributed by atoms with Crippen LogP contribution in [0.3, 0.4) is 0 Å². The topological polar surface area (TPSA) is 224 Å². The molecular formula is C50H61N9O8. The molecule has 6 N–H and O–H groups in total. The zero-order chi connectivity index (χ0) is 47.1. The Labute approximate surface area is 389 Å². The maximum atomic E-state index is 14.0. The van der Waals surface area contributed by atoms with Gasteiger partial charge in [0, 0.05) is 24.7 Å². The molecule has 0 spiro atoms. The van der Waals surface area contributed by atoms with E-state index in [0.29, 0.717) is 38.4 Å². The molecule has 6 atom stereocenters. The van der Waals surface area contributed by atoms with Crippen molar-refractivity contribution < 1.29 is 38.6 Å². The number of nitrogens with one attached hydrogen (secondary N) is 5. The number of benzene rings is 3. The monoisotopic (exact) mass is 915 g/mol. The van der Waals surface area contributed by atoms with Crippen molar-refractivity contribution in [3.8, 4) is 5.75 Å². The first-order valence-corrected chi connectivity index (χ1v) is 23.7. The number of aliphatic hydroxyl groups is 1. The van der Waals surface area contributed by atoms with Gasteiger partial charge in [-0.3, -0.25) is 19.2 Å². The van der Waals surface area contributed by atoms with Crippen LogP contribution < -0.4 is 20.7 Å². The summed E-state index contributed by atoms with van der Waals surface area (Å²) in [6, 6.07) is 14.3. The smallest absolute Gasteiger partial charge is 0.407 e. The van der Waals surface area contributed by atoms with Crippen LogP contribution in [0.5, 0.6) is 5.75 Å². The molecule has 6 heterocycles. The first-order chi connectivity index (χ1) is 32.3. The summed E-state index contributed by atoms with van der Waals surface area (Å²) in [4.78, 5) is 85.9. The molecule has 2 saturated heterocycles. The number of nitrogens with zero attached hydrogens (tertiary/aromatic N) is 4. The van der Waals surface area contributed by atoms with Gasteiger partial charge < -0.3 is 50.3 Å². The van der Waals surface area contributed by atoms with E-state index < -0.39 is 36.6 Å². The predicted octanol–water partition coefficient (Wildman–Crippen LogP) is 6.06. The number of carbonyl (C=O) groups excluding carboxylic acids is 5. The number of likely N-dealkylation sites (tertiary alicyclic amines) is 2. The standard InChI is InChI=1S/C50H61N9O8/c1-26(2)43(56-42(61)24-60)48(63)58-18-6-8-39(58)46-52-35-17-14-29(21-38(35)54-46)33-15-12-30-23-41-31(22-36(30)55-47(33)62)10-11-32(25-67-41)28-13-16-34-37(20-28)53-45(51-34)40-9-7-19-59(40)49(64)44(27(3)4)57-50(65)66-5/h13-14,16-17,20-23,26-27,32-33,39-40,43-44,60H,6-12,15,18-19,24-25H2,1-5H3,(H,51,53)(H,52,54)(H,55,62)(H,56,61)(H,57,65)/t32?,33?,39?,40?,43-,44+/m0/s1. The Balaban J connectivity index is 0.857. The van der Waals surface area contributed by atoms with E-state index in [2.05, 4.69) is 50.2 Å². The molecule has 4 aliphatic heterocycles. The largest absolute Gasteiger partial charge is 0.493 e. The summed E-state index contributed by atoms with van der Waals surface area (Å²) >= 11 is 0. The number of fused-ring (bicyclic) bond motifs is 4. The number of aromatic nitrogens is 4. The second-order valence-corrected chi connectivity index (χ2v) is 19.2. The number of ether oxygens (including phenoxy) is 2. The zero-order valence-electron chi connectivity index (χ0n) is 38.8. The van der Waals surface area contributed by atoms with Gasteiger partial charge in [-0.1, -0.05) is 39.8 Å². The molecule has 5 amide bonds. The van der Waals surface area contributed by atoms with E-state index in [9.17, 15) is 29.1 Å². The Hall–Kier alpha value is -6.49. The number of hydrogen-bond acceptors (Lipinski definition) is 10. The Kier molecular flexibility index (Phi) is 13.0. The molecule has 0 bridgehead atoms. The van der Waals surface area contributed by atoms with Gasteiger partial charge in [0.15, 0.2) is 0 Å². The van der Waals surface area contributed by atoms with Crippen molar-refractivity contribution in [2.75, 3.05) is 38.7 Å². The fourth-order valence-electron chi connectivity index (χ4n) is 10.5. The highest BCUT2D eigenvalue weighted by atomic mass is 16.5. The van der Waals surface area contributed by atoms with E-state index in [1.54, 1.807) is 4.90 Å². The van der Waals surface area contributed by atoms with Crippen LogP contribution in [0.15, 0.2) is 48.5 Å². The van der Waals surface area contributed by atoms with E-state index >= 15 is 0 Å². The van der Waals surface area contributed by atoms with Gasteiger partial charge >= 0.3 is 6.09 Å². The number of H-pyrrole nitrogens is 2. The zero-order valence-corrected chi connectivity index (χ0v) is 38.8. The molecule has 4 aliphatic rings. The van der Waals surface area contributed by atoms with Gasteiger partial charge in [-0.2, -0.15) is 0 Å². The third-order valence-corrected chi connectivity index (χ3v) is 14.2. The van der Waals surface area contributed by atoms with Crippen molar-refractivity contribution in [3.63, 3.8) is 0 Å². The number of imidazole rings is 2. The number of aryl methyl sites for hydroxylation is 2. The minimum atomic E-state index is -0.757. The van der Waals surface area contributed by atoms with E-state index in [-0.39, 0.29) is 47.6 Å². The second kappa shape index (κ2) is 19.0. The van der Waals surface area contributed by atoms with Crippen LogP contribution in [0.4, 0.5) is 10.5 Å². The van der Waals surface area contributed by atoms with Gasteiger partial charge in [0.1, 0.15) is 36.1 Å². The molecule has 17 nitrogen and oxygen atoms in total. The average Bonchev–Trinajstić information content (AvgIpc) is 4.13. The predicted molar refractivity (Wildman–Crippen MR) is 250 cm³/mol. The number of anilines is 1. The van der Waals surface area contributed by atoms with Gasteiger partial charge in [-0.25, -0.2) is 14.8 Å². The van der Waals surface area contributed by atoms with Gasteiger partial charge in [-0.05, 0) is 122 Å². The van der Waals surface area contributed by atoms with E-state index in [1.165, 1.54) is 7.11 Å². The van der Waals surface area contributed by atoms with Gasteiger partial charge in [0.05, 0.1) is 53.8 Å². The number of aromatic amines is 2. The molecule has 67 heavy (non-hydrogen) atoms. The molecule has 0 radical (unpaired) electrons. The summed E-state index contributed by atoms with van der Waals surface area (Å²) in [6.45, 7) is 8.48. The van der Waals surface area contributed by atoms with Crippen molar-refractivity contribution in [1.29, 1.82) is 0 Å². The summed E-state index contributed by atoms with van der Waals surface area (Å²) in [5, 5.41) is 17.9. The lowest BCUT2D eigenvalue weighted by atomic mass is 9.91. The van der Waals surface area contributed by atoms with Crippen LogP contribution in [-0.2, 0) is 36.8 Å². The number of carbonyl (C=O) groups is 5. The minimum Gasteiger partial charge on any atom is -0.493 e. The summed E-state index contributed by atoms with van der Waals surface area (Å²) in [5.41, 5.74) is 8.16. The number of aliphatic hydroxyl groups excluding tert-OH is 1. The number of alkyl carbamates (subject to hydrolysis) is 1. The molecule has 4 unspecified atom stereocenters. The highest BCUT2D eigenvalue weighted by Crippen LogP contribution is 2.40. The molecule has 17 heteroatoms. The number of methoxy groups -OCH3 is 1. The van der Waals surface area contributed by atoms with Crippen LogP contribution in [0, 0.1) is 11.8 Å². The average molecular weight is 916 g/mol. The van der Waals surface area contributed by atoms with Crippen molar-refractivity contribution in [3.05, 3.63) is 82.4 Å². The fraction of sp³-hybridized carbons (Fsp3) is 0.500. The van der Waals surface area contributed by atoms with E-state index in [1.807, 2.05) is 56.9 Å². The number of rotatable bonds is 11. The van der Waals surface area contributed by atoms with Crippen molar-refractivity contribution in [2.24, 2.45) is 11.8 Å². The normalized spacial score (nSPS) is 21.6. The summed E-state index contributed by atoms with van der Waals surface area (Å²) in [5.74, 6) is 0.681. The fourth-order valence-corrected chi connectivity index (χ4v) is 10.5. The lowest BCUT2D eigenvalue weighted by Crippen LogP contribution is -2.51. The molecule has 0 aliphatic carbocycles. The summed E-state index contributed by atoms with van der Waals surface area (Å²) < 4.78 is 11.3. The molecule has 0 saturated carbocycles. The van der Waals surface area contributed by atoms with Crippen LogP contribution in [0.1, 0.15) is 124 Å². The maximum Gasteiger partial charge on any atom is 0.407 e.